The molecule has 1 atom stereocenters. The van der Waals surface area contributed by atoms with Crippen molar-refractivity contribution in [2.24, 2.45) is 0 Å². The molecular formula is C17H19NO2. The summed E-state index contributed by atoms with van der Waals surface area (Å²) in [6, 6.07) is 16.8. The first-order chi connectivity index (χ1) is 9.86. The Bertz CT molecular complexity index is 565. The van der Waals surface area contributed by atoms with Crippen molar-refractivity contribution in [3.63, 3.8) is 0 Å². The van der Waals surface area contributed by atoms with E-state index >= 15 is 0 Å². The first-order valence-electron chi connectivity index (χ1n) is 6.95. The highest BCUT2D eigenvalue weighted by Gasteiger charge is 2.22. The van der Waals surface area contributed by atoms with Gasteiger partial charge in [0.1, 0.15) is 18.1 Å². The largest absolute Gasteiger partial charge is 0.497 e. The summed E-state index contributed by atoms with van der Waals surface area (Å²) < 4.78 is 10.8. The number of rotatable bonds is 5. The number of ether oxygens (including phenoxy) is 2. The lowest BCUT2D eigenvalue weighted by Crippen LogP contribution is -2.24. The van der Waals surface area contributed by atoms with Gasteiger partial charge in [0.2, 0.25) is 0 Å². The van der Waals surface area contributed by atoms with Gasteiger partial charge in [-0.3, -0.25) is 0 Å². The van der Waals surface area contributed by atoms with Crippen molar-refractivity contribution in [3.8, 4) is 11.5 Å². The van der Waals surface area contributed by atoms with Gasteiger partial charge in [-0.05, 0) is 36.7 Å². The zero-order chi connectivity index (χ0) is 13.8. The van der Waals surface area contributed by atoms with E-state index in [9.17, 15) is 0 Å². The fourth-order valence-corrected chi connectivity index (χ4v) is 2.51. The molecule has 0 radical (unpaired) electrons. The van der Waals surface area contributed by atoms with Crippen LogP contribution in [0.4, 0.5) is 0 Å². The van der Waals surface area contributed by atoms with Gasteiger partial charge in [0.25, 0.3) is 0 Å². The predicted octanol–water partition coefficient (Wildman–Crippen LogP) is 2.96. The summed E-state index contributed by atoms with van der Waals surface area (Å²) in [4.78, 5) is 0. The first-order valence-corrected chi connectivity index (χ1v) is 6.95. The quantitative estimate of drug-likeness (QED) is 0.905. The summed E-state index contributed by atoms with van der Waals surface area (Å²) >= 11 is 0. The SMILES string of the molecule is COc1ccc(CCNC2COc3ccccc32)cc1. The molecule has 0 spiro atoms. The monoisotopic (exact) mass is 269 g/mol. The van der Waals surface area contributed by atoms with E-state index in [1.165, 1.54) is 11.1 Å². The average Bonchev–Trinajstić information content (AvgIpc) is 2.92. The lowest BCUT2D eigenvalue weighted by molar-refractivity contribution is 0.312. The topological polar surface area (TPSA) is 30.5 Å². The van der Waals surface area contributed by atoms with E-state index in [4.69, 9.17) is 9.47 Å². The highest BCUT2D eigenvalue weighted by molar-refractivity contribution is 5.39. The minimum atomic E-state index is 0.310. The Morgan fingerprint density at radius 1 is 1.15 bits per heavy atom. The number of para-hydroxylation sites is 1. The fraction of sp³-hybridized carbons (Fsp3) is 0.294. The Morgan fingerprint density at radius 3 is 2.75 bits per heavy atom. The van der Waals surface area contributed by atoms with E-state index in [0.717, 1.165) is 31.1 Å². The molecule has 1 heterocycles. The van der Waals surface area contributed by atoms with Crippen LogP contribution in [0.5, 0.6) is 11.5 Å². The Balaban J connectivity index is 1.53. The minimum absolute atomic E-state index is 0.310. The molecule has 1 unspecified atom stereocenters. The number of nitrogens with one attached hydrogen (secondary N) is 1. The van der Waals surface area contributed by atoms with Gasteiger partial charge in [0, 0.05) is 5.56 Å². The van der Waals surface area contributed by atoms with Crippen LogP contribution in [0.3, 0.4) is 0 Å². The van der Waals surface area contributed by atoms with Gasteiger partial charge < -0.3 is 14.8 Å². The molecule has 0 saturated carbocycles. The highest BCUT2D eigenvalue weighted by Crippen LogP contribution is 2.31. The van der Waals surface area contributed by atoms with Crippen LogP contribution in [0.25, 0.3) is 0 Å². The van der Waals surface area contributed by atoms with Crippen molar-refractivity contribution in [1.82, 2.24) is 5.32 Å². The maximum Gasteiger partial charge on any atom is 0.124 e. The molecule has 104 valence electrons. The van der Waals surface area contributed by atoms with Crippen molar-refractivity contribution in [3.05, 3.63) is 59.7 Å². The zero-order valence-corrected chi connectivity index (χ0v) is 11.6. The molecule has 1 N–H and O–H groups in total. The van der Waals surface area contributed by atoms with Crippen molar-refractivity contribution < 1.29 is 9.47 Å². The van der Waals surface area contributed by atoms with Gasteiger partial charge >= 0.3 is 0 Å². The number of methoxy groups -OCH3 is 1. The van der Waals surface area contributed by atoms with E-state index in [-0.39, 0.29) is 0 Å². The maximum absolute atomic E-state index is 5.67. The molecule has 0 aromatic heterocycles. The minimum Gasteiger partial charge on any atom is -0.497 e. The normalized spacial score (nSPS) is 16.6. The van der Waals surface area contributed by atoms with Crippen LogP contribution in [0.1, 0.15) is 17.2 Å². The molecule has 0 bridgehead atoms. The molecule has 1 aliphatic heterocycles. The number of benzene rings is 2. The second-order valence-electron chi connectivity index (χ2n) is 4.95. The molecule has 0 fully saturated rings. The lowest BCUT2D eigenvalue weighted by atomic mass is 10.1. The molecule has 0 saturated heterocycles. The average molecular weight is 269 g/mol. The van der Waals surface area contributed by atoms with Crippen molar-refractivity contribution in [1.29, 1.82) is 0 Å². The Morgan fingerprint density at radius 2 is 1.95 bits per heavy atom. The third-order valence-electron chi connectivity index (χ3n) is 3.66. The molecule has 20 heavy (non-hydrogen) atoms. The second-order valence-corrected chi connectivity index (χ2v) is 4.95. The predicted molar refractivity (Wildman–Crippen MR) is 79.4 cm³/mol. The van der Waals surface area contributed by atoms with Gasteiger partial charge in [-0.2, -0.15) is 0 Å². The number of hydrogen-bond acceptors (Lipinski definition) is 3. The van der Waals surface area contributed by atoms with Gasteiger partial charge in [0.15, 0.2) is 0 Å². The van der Waals surface area contributed by atoms with Gasteiger partial charge in [0.05, 0.1) is 13.2 Å². The third-order valence-corrected chi connectivity index (χ3v) is 3.66. The summed E-state index contributed by atoms with van der Waals surface area (Å²) in [5.41, 5.74) is 2.58. The summed E-state index contributed by atoms with van der Waals surface area (Å²) in [6.07, 6.45) is 1.00. The molecule has 0 aliphatic carbocycles. The van der Waals surface area contributed by atoms with Crippen LogP contribution in [0.2, 0.25) is 0 Å². The third kappa shape index (κ3) is 2.78. The van der Waals surface area contributed by atoms with Gasteiger partial charge in [-0.1, -0.05) is 30.3 Å². The maximum atomic E-state index is 5.67. The van der Waals surface area contributed by atoms with E-state index in [1.54, 1.807) is 7.11 Å². The molecule has 3 heteroatoms. The van der Waals surface area contributed by atoms with Crippen molar-refractivity contribution >= 4 is 0 Å². The zero-order valence-electron chi connectivity index (χ0n) is 11.6. The van der Waals surface area contributed by atoms with Crippen LogP contribution < -0.4 is 14.8 Å². The standard InChI is InChI=1S/C17H19NO2/c1-19-14-8-6-13(7-9-14)10-11-18-16-12-20-17-5-3-2-4-15(16)17/h2-9,16,18H,10-12H2,1H3. The number of hydrogen-bond donors (Lipinski definition) is 1. The Labute approximate surface area is 119 Å². The molecule has 0 amide bonds. The van der Waals surface area contributed by atoms with Crippen LogP contribution in [-0.2, 0) is 6.42 Å². The van der Waals surface area contributed by atoms with Gasteiger partial charge in [-0.25, -0.2) is 0 Å². The number of fused-ring (bicyclic) bond motifs is 1. The van der Waals surface area contributed by atoms with Crippen LogP contribution >= 0.6 is 0 Å². The highest BCUT2D eigenvalue weighted by atomic mass is 16.5. The van der Waals surface area contributed by atoms with Gasteiger partial charge in [-0.15, -0.1) is 0 Å². The van der Waals surface area contributed by atoms with Crippen molar-refractivity contribution in [2.75, 3.05) is 20.3 Å². The summed E-state index contributed by atoms with van der Waals surface area (Å²) in [5, 5.41) is 3.56. The smallest absolute Gasteiger partial charge is 0.124 e. The van der Waals surface area contributed by atoms with Crippen LogP contribution in [-0.4, -0.2) is 20.3 Å². The Kier molecular flexibility index (Phi) is 3.88. The molecule has 2 aromatic carbocycles. The first kappa shape index (κ1) is 13.0. The van der Waals surface area contributed by atoms with E-state index < -0.39 is 0 Å². The lowest BCUT2D eigenvalue weighted by Gasteiger charge is -2.11. The summed E-state index contributed by atoms with van der Waals surface area (Å²) in [5.74, 6) is 1.91. The Hall–Kier alpha value is -2.00. The molecule has 1 aliphatic rings. The fourth-order valence-electron chi connectivity index (χ4n) is 2.51. The van der Waals surface area contributed by atoms with E-state index in [1.807, 2.05) is 24.3 Å². The van der Waals surface area contributed by atoms with Crippen LogP contribution in [0.15, 0.2) is 48.5 Å². The molecule has 3 nitrogen and oxygen atoms in total. The molecule has 3 rings (SSSR count). The molecule has 2 aromatic rings. The molecular weight excluding hydrogens is 250 g/mol. The summed E-state index contributed by atoms with van der Waals surface area (Å²) in [7, 11) is 1.69. The van der Waals surface area contributed by atoms with E-state index in [0.29, 0.717) is 6.04 Å². The van der Waals surface area contributed by atoms with Crippen LogP contribution in [0, 0.1) is 0 Å². The van der Waals surface area contributed by atoms with Crippen molar-refractivity contribution in [2.45, 2.75) is 12.5 Å². The summed E-state index contributed by atoms with van der Waals surface area (Å²) in [6.45, 7) is 1.66. The van der Waals surface area contributed by atoms with E-state index in [2.05, 4.69) is 29.6 Å². The second kappa shape index (κ2) is 5.97.